The first-order chi connectivity index (χ1) is 7.82. The smallest absolute Gasteiger partial charge is 0.258 e. The van der Waals surface area contributed by atoms with Gasteiger partial charge in [-0.15, -0.1) is 0 Å². The molecule has 0 amide bonds. The maximum atomic E-state index is 12.4. The van der Waals surface area contributed by atoms with Gasteiger partial charge in [0.05, 0.1) is 0 Å². The van der Waals surface area contributed by atoms with Gasteiger partial charge in [-0.2, -0.15) is 0 Å². The number of hydrogen-bond acceptors (Lipinski definition) is 1. The van der Waals surface area contributed by atoms with Gasteiger partial charge in [0.15, 0.2) is 0 Å². The molecule has 0 unspecified atom stereocenters. The van der Waals surface area contributed by atoms with Crippen LogP contribution in [-0.4, -0.2) is 4.57 Å². The molecule has 0 aliphatic heterocycles. The van der Waals surface area contributed by atoms with E-state index in [0.29, 0.717) is 0 Å². The molecule has 1 heterocycles. The number of pyridine rings is 1. The van der Waals surface area contributed by atoms with Gasteiger partial charge in [0.25, 0.3) is 5.56 Å². The van der Waals surface area contributed by atoms with Gasteiger partial charge in [-0.3, -0.25) is 4.79 Å². The van der Waals surface area contributed by atoms with E-state index in [4.69, 9.17) is 0 Å². The molecule has 2 heteroatoms. The van der Waals surface area contributed by atoms with Crippen molar-refractivity contribution < 1.29 is 0 Å². The standard InChI is InChI=1S/C15H19NO/c1-10-7-6-8-12-13(10)11(2)9-16(14(12)17)15(3,4)5/h6-9H,1-5H3. The Hall–Kier alpha value is -1.57. The normalized spacial score (nSPS) is 12.1. The number of rotatable bonds is 0. The lowest BCUT2D eigenvalue weighted by atomic mass is 10.0. The lowest BCUT2D eigenvalue weighted by molar-refractivity contribution is 0.385. The molecule has 0 aliphatic carbocycles. The first-order valence-electron chi connectivity index (χ1n) is 5.94. The van der Waals surface area contributed by atoms with Crippen molar-refractivity contribution in [3.05, 3.63) is 45.9 Å². The zero-order valence-corrected chi connectivity index (χ0v) is 11.2. The minimum absolute atomic E-state index is 0.0989. The summed E-state index contributed by atoms with van der Waals surface area (Å²) in [6.07, 6.45) is 1.97. The molecule has 0 atom stereocenters. The van der Waals surface area contributed by atoms with Crippen molar-refractivity contribution in [1.29, 1.82) is 0 Å². The molecule has 17 heavy (non-hydrogen) atoms. The first-order valence-corrected chi connectivity index (χ1v) is 5.94. The fourth-order valence-corrected chi connectivity index (χ4v) is 2.31. The Labute approximate surface area is 102 Å². The number of aryl methyl sites for hydroxylation is 2. The summed E-state index contributed by atoms with van der Waals surface area (Å²) in [4.78, 5) is 12.4. The molecular weight excluding hydrogens is 210 g/mol. The van der Waals surface area contributed by atoms with Crippen LogP contribution in [0, 0.1) is 13.8 Å². The van der Waals surface area contributed by atoms with Gasteiger partial charge in [-0.25, -0.2) is 0 Å². The third kappa shape index (κ3) is 1.88. The third-order valence-corrected chi connectivity index (χ3v) is 3.16. The molecule has 0 radical (unpaired) electrons. The topological polar surface area (TPSA) is 22.0 Å². The van der Waals surface area contributed by atoms with Crippen molar-refractivity contribution in [2.45, 2.75) is 40.2 Å². The molecule has 0 fully saturated rings. The van der Waals surface area contributed by atoms with Gasteiger partial charge in [-0.05, 0) is 57.2 Å². The summed E-state index contributed by atoms with van der Waals surface area (Å²) in [5.41, 5.74) is 2.24. The summed E-state index contributed by atoms with van der Waals surface area (Å²) in [6, 6.07) is 5.92. The fraction of sp³-hybridized carbons (Fsp3) is 0.400. The van der Waals surface area contributed by atoms with Crippen LogP contribution in [0.4, 0.5) is 0 Å². The van der Waals surface area contributed by atoms with E-state index in [-0.39, 0.29) is 11.1 Å². The van der Waals surface area contributed by atoms with Gasteiger partial charge in [0.2, 0.25) is 0 Å². The summed E-state index contributed by atoms with van der Waals surface area (Å²) in [5, 5.41) is 1.91. The first kappa shape index (κ1) is 11.9. The molecule has 90 valence electrons. The zero-order valence-electron chi connectivity index (χ0n) is 11.2. The number of aromatic nitrogens is 1. The summed E-state index contributed by atoms with van der Waals surface area (Å²) in [5.74, 6) is 0. The van der Waals surface area contributed by atoms with E-state index in [1.165, 1.54) is 0 Å². The van der Waals surface area contributed by atoms with E-state index in [2.05, 4.69) is 40.7 Å². The summed E-state index contributed by atoms with van der Waals surface area (Å²) in [7, 11) is 0. The van der Waals surface area contributed by atoms with E-state index in [0.717, 1.165) is 21.9 Å². The molecular formula is C15H19NO. The average Bonchev–Trinajstić information content (AvgIpc) is 2.21. The van der Waals surface area contributed by atoms with Gasteiger partial charge < -0.3 is 4.57 Å². The third-order valence-electron chi connectivity index (χ3n) is 3.16. The van der Waals surface area contributed by atoms with Crippen molar-refractivity contribution in [2.24, 2.45) is 0 Å². The highest BCUT2D eigenvalue weighted by molar-refractivity contribution is 5.87. The predicted molar refractivity (Wildman–Crippen MR) is 72.7 cm³/mol. The van der Waals surface area contributed by atoms with E-state index in [1.54, 1.807) is 0 Å². The van der Waals surface area contributed by atoms with E-state index < -0.39 is 0 Å². The van der Waals surface area contributed by atoms with Gasteiger partial charge in [-0.1, -0.05) is 12.1 Å². The minimum Gasteiger partial charge on any atom is -0.309 e. The van der Waals surface area contributed by atoms with Crippen LogP contribution in [0.1, 0.15) is 31.9 Å². The van der Waals surface area contributed by atoms with Crippen molar-refractivity contribution in [1.82, 2.24) is 4.57 Å². The van der Waals surface area contributed by atoms with Gasteiger partial charge >= 0.3 is 0 Å². The van der Waals surface area contributed by atoms with Crippen molar-refractivity contribution >= 4 is 10.8 Å². The van der Waals surface area contributed by atoms with Gasteiger partial charge in [0, 0.05) is 17.1 Å². The molecule has 2 nitrogen and oxygen atoms in total. The molecule has 2 rings (SSSR count). The Morgan fingerprint density at radius 1 is 1.06 bits per heavy atom. The second-order valence-corrected chi connectivity index (χ2v) is 5.66. The van der Waals surface area contributed by atoms with Crippen LogP contribution in [0.2, 0.25) is 0 Å². The lowest BCUT2D eigenvalue weighted by Crippen LogP contribution is -2.33. The number of fused-ring (bicyclic) bond motifs is 1. The molecule has 0 bridgehead atoms. The summed E-state index contributed by atoms with van der Waals surface area (Å²) < 4.78 is 1.82. The Balaban J connectivity index is 2.97. The Morgan fingerprint density at radius 3 is 2.29 bits per heavy atom. The quantitative estimate of drug-likeness (QED) is 0.679. The predicted octanol–water partition coefficient (Wildman–Crippen LogP) is 3.37. The van der Waals surface area contributed by atoms with E-state index in [9.17, 15) is 4.79 Å². The van der Waals surface area contributed by atoms with Crippen LogP contribution >= 0.6 is 0 Å². The fourth-order valence-electron chi connectivity index (χ4n) is 2.31. The maximum absolute atomic E-state index is 12.4. The van der Waals surface area contributed by atoms with Crippen molar-refractivity contribution in [3.8, 4) is 0 Å². The largest absolute Gasteiger partial charge is 0.309 e. The summed E-state index contributed by atoms with van der Waals surface area (Å²) >= 11 is 0. The van der Waals surface area contributed by atoms with Crippen LogP contribution in [-0.2, 0) is 5.54 Å². The molecule has 0 N–H and O–H groups in total. The SMILES string of the molecule is Cc1cccc2c(=O)n(C(C)(C)C)cc(C)c12. The zero-order chi connectivity index (χ0) is 12.8. The molecule has 2 aromatic rings. The van der Waals surface area contributed by atoms with Crippen LogP contribution in [0.3, 0.4) is 0 Å². The molecule has 1 aromatic carbocycles. The second kappa shape index (κ2) is 3.73. The van der Waals surface area contributed by atoms with Crippen LogP contribution in [0.5, 0.6) is 0 Å². The van der Waals surface area contributed by atoms with Crippen molar-refractivity contribution in [2.75, 3.05) is 0 Å². The van der Waals surface area contributed by atoms with Gasteiger partial charge in [0.1, 0.15) is 0 Å². The van der Waals surface area contributed by atoms with E-state index >= 15 is 0 Å². The number of hydrogen-bond donors (Lipinski definition) is 0. The molecule has 0 aliphatic rings. The number of nitrogens with zero attached hydrogens (tertiary/aromatic N) is 1. The maximum Gasteiger partial charge on any atom is 0.258 e. The Bertz CT molecular complexity index is 630. The number of benzene rings is 1. The lowest BCUT2D eigenvalue weighted by Gasteiger charge is -2.24. The Morgan fingerprint density at radius 2 is 1.71 bits per heavy atom. The molecule has 0 spiro atoms. The second-order valence-electron chi connectivity index (χ2n) is 5.66. The van der Waals surface area contributed by atoms with Crippen LogP contribution in [0.15, 0.2) is 29.2 Å². The van der Waals surface area contributed by atoms with Crippen molar-refractivity contribution in [3.63, 3.8) is 0 Å². The van der Waals surface area contributed by atoms with Crippen LogP contribution < -0.4 is 5.56 Å². The Kier molecular flexibility index (Phi) is 2.61. The highest BCUT2D eigenvalue weighted by Gasteiger charge is 2.17. The molecule has 1 aromatic heterocycles. The van der Waals surface area contributed by atoms with E-state index in [1.807, 2.05) is 22.9 Å². The monoisotopic (exact) mass is 229 g/mol. The molecule has 0 saturated carbocycles. The van der Waals surface area contributed by atoms with Crippen LogP contribution in [0.25, 0.3) is 10.8 Å². The minimum atomic E-state index is -0.181. The highest BCUT2D eigenvalue weighted by Crippen LogP contribution is 2.21. The average molecular weight is 229 g/mol. The summed E-state index contributed by atoms with van der Waals surface area (Å²) in [6.45, 7) is 10.3. The molecule has 0 saturated heterocycles. The highest BCUT2D eigenvalue weighted by atomic mass is 16.1.